The first-order valence-electron chi connectivity index (χ1n) is 5.58. The van der Waals surface area contributed by atoms with E-state index in [9.17, 15) is 4.79 Å². The molecule has 0 saturated carbocycles. The second-order valence-corrected chi connectivity index (χ2v) is 4.76. The van der Waals surface area contributed by atoms with E-state index in [0.717, 1.165) is 5.56 Å². The molecule has 98 valence electrons. The molecule has 0 aliphatic heterocycles. The van der Waals surface area contributed by atoms with Crippen LogP contribution < -0.4 is 5.32 Å². The molecule has 2 N–H and O–H groups in total. The van der Waals surface area contributed by atoms with Crippen LogP contribution in [0.2, 0.25) is 10.0 Å². The summed E-state index contributed by atoms with van der Waals surface area (Å²) in [6.07, 6.45) is 0. The Kier molecular flexibility index (Phi) is 4.30. The number of rotatable bonds is 4. The first-order chi connectivity index (χ1) is 9.08. The molecule has 2 aromatic rings. The lowest BCUT2D eigenvalue weighted by molar-refractivity contribution is 0.0697. The Hall–Kier alpha value is -1.71. The smallest absolute Gasteiger partial charge is 0.335 e. The SMILES string of the molecule is O=C(O)c1ccc(Cl)c(NCc2ccccc2Cl)c1. The fourth-order valence-electron chi connectivity index (χ4n) is 1.63. The van der Waals surface area contributed by atoms with E-state index >= 15 is 0 Å². The van der Waals surface area contributed by atoms with Crippen molar-refractivity contribution in [3.05, 3.63) is 63.6 Å². The Morgan fingerprint density at radius 1 is 1.11 bits per heavy atom. The van der Waals surface area contributed by atoms with E-state index in [1.165, 1.54) is 12.1 Å². The van der Waals surface area contributed by atoms with Crippen molar-refractivity contribution in [3.63, 3.8) is 0 Å². The minimum atomic E-state index is -0.988. The topological polar surface area (TPSA) is 49.3 Å². The van der Waals surface area contributed by atoms with Crippen molar-refractivity contribution in [1.29, 1.82) is 0 Å². The summed E-state index contributed by atoms with van der Waals surface area (Å²) < 4.78 is 0. The summed E-state index contributed by atoms with van der Waals surface area (Å²) >= 11 is 12.1. The van der Waals surface area contributed by atoms with Crippen molar-refractivity contribution in [2.75, 3.05) is 5.32 Å². The fourth-order valence-corrected chi connectivity index (χ4v) is 2.01. The van der Waals surface area contributed by atoms with Crippen molar-refractivity contribution in [1.82, 2.24) is 0 Å². The van der Waals surface area contributed by atoms with E-state index in [1.807, 2.05) is 18.2 Å². The summed E-state index contributed by atoms with van der Waals surface area (Å²) in [5, 5.41) is 13.1. The molecule has 0 atom stereocenters. The molecule has 0 bridgehead atoms. The predicted molar refractivity (Wildman–Crippen MR) is 77.2 cm³/mol. The zero-order chi connectivity index (χ0) is 13.8. The number of carbonyl (C=O) groups is 1. The molecule has 0 saturated heterocycles. The van der Waals surface area contributed by atoms with Gasteiger partial charge in [0.25, 0.3) is 0 Å². The zero-order valence-corrected chi connectivity index (χ0v) is 11.4. The van der Waals surface area contributed by atoms with E-state index < -0.39 is 5.97 Å². The monoisotopic (exact) mass is 295 g/mol. The normalized spacial score (nSPS) is 10.2. The maximum Gasteiger partial charge on any atom is 0.335 e. The maximum absolute atomic E-state index is 10.9. The lowest BCUT2D eigenvalue weighted by Crippen LogP contribution is -2.03. The van der Waals surface area contributed by atoms with Crippen LogP contribution in [-0.2, 0) is 6.54 Å². The Bertz CT molecular complexity index is 614. The molecule has 0 unspecified atom stereocenters. The Morgan fingerprint density at radius 2 is 1.84 bits per heavy atom. The summed E-state index contributed by atoms with van der Waals surface area (Å²) in [7, 11) is 0. The highest BCUT2D eigenvalue weighted by Gasteiger charge is 2.07. The van der Waals surface area contributed by atoms with Gasteiger partial charge >= 0.3 is 5.97 Å². The van der Waals surface area contributed by atoms with Gasteiger partial charge < -0.3 is 10.4 Å². The quantitative estimate of drug-likeness (QED) is 0.884. The van der Waals surface area contributed by atoms with Gasteiger partial charge in [0.15, 0.2) is 0 Å². The molecule has 5 heteroatoms. The van der Waals surface area contributed by atoms with Crippen LogP contribution in [0.5, 0.6) is 0 Å². The van der Waals surface area contributed by atoms with Gasteiger partial charge in [0.1, 0.15) is 0 Å². The Labute approximate surface area is 120 Å². The third kappa shape index (κ3) is 3.40. The molecule has 3 nitrogen and oxygen atoms in total. The van der Waals surface area contributed by atoms with Gasteiger partial charge in [-0.1, -0.05) is 41.4 Å². The highest BCUT2D eigenvalue weighted by molar-refractivity contribution is 6.33. The molecule has 0 spiro atoms. The average Bonchev–Trinajstić information content (AvgIpc) is 2.39. The lowest BCUT2D eigenvalue weighted by atomic mass is 10.2. The highest BCUT2D eigenvalue weighted by Crippen LogP contribution is 2.24. The van der Waals surface area contributed by atoms with E-state index in [1.54, 1.807) is 12.1 Å². The van der Waals surface area contributed by atoms with Gasteiger partial charge in [-0.05, 0) is 29.8 Å². The number of halogens is 2. The second kappa shape index (κ2) is 5.95. The van der Waals surface area contributed by atoms with Crippen LogP contribution >= 0.6 is 23.2 Å². The number of aromatic carboxylic acids is 1. The van der Waals surface area contributed by atoms with Gasteiger partial charge in [-0.2, -0.15) is 0 Å². The standard InChI is InChI=1S/C14H11Cl2NO2/c15-11-4-2-1-3-10(11)8-17-13-7-9(14(18)19)5-6-12(13)16/h1-7,17H,8H2,(H,18,19). The number of nitrogens with one attached hydrogen (secondary N) is 1. The van der Waals surface area contributed by atoms with Crippen molar-refractivity contribution < 1.29 is 9.90 Å². The van der Waals surface area contributed by atoms with Crippen LogP contribution in [0.3, 0.4) is 0 Å². The second-order valence-electron chi connectivity index (χ2n) is 3.94. The molecule has 0 aliphatic carbocycles. The summed E-state index contributed by atoms with van der Waals surface area (Å²) in [4.78, 5) is 10.9. The van der Waals surface area contributed by atoms with Crippen LogP contribution in [0.4, 0.5) is 5.69 Å². The molecule has 19 heavy (non-hydrogen) atoms. The van der Waals surface area contributed by atoms with Gasteiger partial charge in [-0.15, -0.1) is 0 Å². The molecule has 0 aromatic heterocycles. The van der Waals surface area contributed by atoms with Crippen molar-refractivity contribution in [2.45, 2.75) is 6.54 Å². The van der Waals surface area contributed by atoms with Gasteiger partial charge in [-0.25, -0.2) is 4.79 Å². The molecule has 0 radical (unpaired) electrons. The average molecular weight is 296 g/mol. The zero-order valence-electron chi connectivity index (χ0n) is 9.86. The highest BCUT2D eigenvalue weighted by atomic mass is 35.5. The molecule has 0 heterocycles. The summed E-state index contributed by atoms with van der Waals surface area (Å²) in [5.41, 5.74) is 1.67. The molecule has 0 aliphatic rings. The number of hydrogen-bond acceptors (Lipinski definition) is 2. The summed E-state index contributed by atoms with van der Waals surface area (Å²) in [6, 6.07) is 12.0. The minimum Gasteiger partial charge on any atom is -0.478 e. The van der Waals surface area contributed by atoms with Crippen LogP contribution in [-0.4, -0.2) is 11.1 Å². The molecular weight excluding hydrogens is 285 g/mol. The number of hydrogen-bond donors (Lipinski definition) is 2. The number of anilines is 1. The molecule has 2 aromatic carbocycles. The van der Waals surface area contributed by atoms with Gasteiger partial charge in [-0.3, -0.25) is 0 Å². The fraction of sp³-hybridized carbons (Fsp3) is 0.0714. The van der Waals surface area contributed by atoms with Gasteiger partial charge in [0, 0.05) is 11.6 Å². The predicted octanol–water partition coefficient (Wildman–Crippen LogP) is 4.30. The van der Waals surface area contributed by atoms with Crippen LogP contribution in [0.25, 0.3) is 0 Å². The molecule has 0 amide bonds. The number of carboxylic acid groups (broad SMARTS) is 1. The van der Waals surface area contributed by atoms with E-state index in [0.29, 0.717) is 22.3 Å². The van der Waals surface area contributed by atoms with Gasteiger partial charge in [0.05, 0.1) is 16.3 Å². The van der Waals surface area contributed by atoms with Crippen molar-refractivity contribution in [3.8, 4) is 0 Å². The lowest BCUT2D eigenvalue weighted by Gasteiger charge is -2.10. The van der Waals surface area contributed by atoms with Gasteiger partial charge in [0.2, 0.25) is 0 Å². The van der Waals surface area contributed by atoms with Crippen LogP contribution in [0.1, 0.15) is 15.9 Å². The molecule has 0 fully saturated rings. The number of benzene rings is 2. The van der Waals surface area contributed by atoms with Crippen LogP contribution in [0.15, 0.2) is 42.5 Å². The third-order valence-corrected chi connectivity index (χ3v) is 3.34. The van der Waals surface area contributed by atoms with Crippen molar-refractivity contribution >= 4 is 34.9 Å². The third-order valence-electron chi connectivity index (χ3n) is 2.64. The largest absolute Gasteiger partial charge is 0.478 e. The van der Waals surface area contributed by atoms with Crippen molar-refractivity contribution in [2.24, 2.45) is 0 Å². The molecule has 2 rings (SSSR count). The van der Waals surface area contributed by atoms with E-state index in [-0.39, 0.29) is 5.56 Å². The summed E-state index contributed by atoms with van der Waals surface area (Å²) in [6.45, 7) is 0.475. The number of carboxylic acids is 1. The first-order valence-corrected chi connectivity index (χ1v) is 6.33. The maximum atomic E-state index is 10.9. The Balaban J connectivity index is 2.17. The van der Waals surface area contributed by atoms with E-state index in [2.05, 4.69) is 5.32 Å². The minimum absolute atomic E-state index is 0.186. The first kappa shape index (κ1) is 13.7. The molecular formula is C14H11Cl2NO2. The van der Waals surface area contributed by atoms with E-state index in [4.69, 9.17) is 28.3 Å². The van der Waals surface area contributed by atoms with Crippen LogP contribution in [0, 0.1) is 0 Å². The Morgan fingerprint density at radius 3 is 2.53 bits per heavy atom. The summed E-state index contributed by atoms with van der Waals surface area (Å²) in [5.74, 6) is -0.988.